The van der Waals surface area contributed by atoms with Crippen LogP contribution in [0.2, 0.25) is 0 Å². The van der Waals surface area contributed by atoms with Crippen molar-refractivity contribution in [2.24, 2.45) is 4.99 Å². The Morgan fingerprint density at radius 3 is 2.79 bits per heavy atom. The summed E-state index contributed by atoms with van der Waals surface area (Å²) in [4.78, 5) is 6.25. The first-order valence-electron chi connectivity index (χ1n) is 7.83. The van der Waals surface area contributed by atoms with Gasteiger partial charge in [0, 0.05) is 32.7 Å². The van der Waals surface area contributed by atoms with E-state index in [1.165, 1.54) is 12.1 Å². The van der Waals surface area contributed by atoms with Gasteiger partial charge in [0.2, 0.25) is 0 Å². The normalized spacial score (nSPS) is 10.5. The van der Waals surface area contributed by atoms with Crippen molar-refractivity contribution < 1.29 is 4.39 Å². The van der Waals surface area contributed by atoms with Gasteiger partial charge in [-0.05, 0) is 37.5 Å². The number of aliphatic imine (C=N–C) groups is 1. The third kappa shape index (κ3) is 7.77. The molecule has 1 aromatic rings. The summed E-state index contributed by atoms with van der Waals surface area (Å²) in [6.07, 6.45) is 6.35. The second kappa shape index (κ2) is 12.8. The lowest BCUT2D eigenvalue weighted by Crippen LogP contribution is -2.39. The van der Waals surface area contributed by atoms with E-state index in [0.29, 0.717) is 17.7 Å². The summed E-state index contributed by atoms with van der Waals surface area (Å²) >= 11 is 0. The van der Waals surface area contributed by atoms with E-state index in [-0.39, 0.29) is 29.8 Å². The summed E-state index contributed by atoms with van der Waals surface area (Å²) in [5.74, 6) is 0.398. The first-order valence-corrected chi connectivity index (χ1v) is 7.83. The number of benzene rings is 1. The maximum absolute atomic E-state index is 13.8. The molecule has 0 heterocycles. The Balaban J connectivity index is 0.00000529. The number of allylic oxidation sites excluding steroid dienone is 1. The molecule has 0 radical (unpaired) electrons. The van der Waals surface area contributed by atoms with Crippen molar-refractivity contribution in [2.45, 2.75) is 32.2 Å². The minimum atomic E-state index is -0.320. The van der Waals surface area contributed by atoms with E-state index >= 15 is 0 Å². The Labute approximate surface area is 161 Å². The summed E-state index contributed by atoms with van der Waals surface area (Å²) in [6, 6.07) is 6.38. The van der Waals surface area contributed by atoms with E-state index in [2.05, 4.69) is 16.9 Å². The number of hydrogen-bond acceptors (Lipinski definition) is 2. The molecule has 1 rings (SSSR count). The van der Waals surface area contributed by atoms with Crippen LogP contribution in [0.4, 0.5) is 4.39 Å². The average molecular weight is 444 g/mol. The maximum atomic E-state index is 13.8. The minimum absolute atomic E-state index is 0. The first kappa shape index (κ1) is 22.4. The van der Waals surface area contributed by atoms with Crippen LogP contribution in [-0.4, -0.2) is 31.5 Å². The van der Waals surface area contributed by atoms with Crippen LogP contribution in [0.3, 0.4) is 0 Å². The van der Waals surface area contributed by atoms with Gasteiger partial charge in [-0.25, -0.2) is 4.39 Å². The fraction of sp³-hybridized carbons (Fsp3) is 0.444. The summed E-state index contributed by atoms with van der Waals surface area (Å²) in [5.41, 5.74) is 0.915. The van der Waals surface area contributed by atoms with Gasteiger partial charge in [-0.2, -0.15) is 5.26 Å². The van der Waals surface area contributed by atoms with E-state index in [1.54, 1.807) is 13.1 Å². The van der Waals surface area contributed by atoms with Gasteiger partial charge in [0.25, 0.3) is 0 Å². The number of nitriles is 1. The smallest absolute Gasteiger partial charge is 0.193 e. The van der Waals surface area contributed by atoms with Crippen LogP contribution >= 0.6 is 24.0 Å². The molecule has 1 aromatic carbocycles. The Bertz CT molecular complexity index is 581. The molecule has 0 amide bonds. The Morgan fingerprint density at radius 1 is 1.42 bits per heavy atom. The second-order valence-corrected chi connectivity index (χ2v) is 5.38. The molecule has 0 fully saturated rings. The lowest BCUT2D eigenvalue weighted by atomic mass is 10.1. The molecule has 0 spiro atoms. The zero-order chi connectivity index (χ0) is 17.1. The number of halogens is 2. The van der Waals surface area contributed by atoms with Crippen molar-refractivity contribution in [3.8, 4) is 6.07 Å². The van der Waals surface area contributed by atoms with Crippen molar-refractivity contribution in [1.82, 2.24) is 10.2 Å². The zero-order valence-electron chi connectivity index (χ0n) is 14.4. The fourth-order valence-electron chi connectivity index (χ4n) is 2.26. The van der Waals surface area contributed by atoms with Gasteiger partial charge in [0.1, 0.15) is 5.82 Å². The molecular weight excluding hydrogens is 418 g/mol. The molecule has 0 atom stereocenters. The zero-order valence-corrected chi connectivity index (χ0v) is 16.7. The van der Waals surface area contributed by atoms with Gasteiger partial charge in [-0.15, -0.1) is 30.6 Å². The molecular formula is C18H26FIN4. The largest absolute Gasteiger partial charge is 0.352 e. The Morgan fingerprint density at radius 2 is 2.17 bits per heavy atom. The first-order chi connectivity index (χ1) is 11.1. The monoisotopic (exact) mass is 444 g/mol. The highest BCUT2D eigenvalue weighted by molar-refractivity contribution is 14.0. The number of nitrogens with zero attached hydrogens (tertiary/aromatic N) is 3. The summed E-state index contributed by atoms with van der Waals surface area (Å²) in [5, 5.41) is 12.0. The molecule has 0 saturated heterocycles. The van der Waals surface area contributed by atoms with Crippen molar-refractivity contribution in [1.29, 1.82) is 5.26 Å². The van der Waals surface area contributed by atoms with E-state index < -0.39 is 0 Å². The van der Waals surface area contributed by atoms with Crippen LogP contribution in [0.5, 0.6) is 0 Å². The van der Waals surface area contributed by atoms with E-state index in [9.17, 15) is 4.39 Å². The van der Waals surface area contributed by atoms with Crippen LogP contribution in [-0.2, 0) is 6.54 Å². The predicted octanol–water partition coefficient (Wildman–Crippen LogP) is 4.07. The average Bonchev–Trinajstić information content (AvgIpc) is 2.56. The van der Waals surface area contributed by atoms with Crippen LogP contribution in [0.15, 0.2) is 35.8 Å². The van der Waals surface area contributed by atoms with Gasteiger partial charge in [0.05, 0.1) is 11.6 Å². The SMILES string of the molecule is C=CCCCCCN(C)C(=NC)NCc1cc(C#N)ccc1F.I. The van der Waals surface area contributed by atoms with E-state index in [1.807, 2.05) is 24.1 Å². The molecule has 0 aliphatic carbocycles. The molecule has 0 aliphatic rings. The molecule has 4 nitrogen and oxygen atoms in total. The van der Waals surface area contributed by atoms with Crippen LogP contribution in [0.25, 0.3) is 0 Å². The maximum Gasteiger partial charge on any atom is 0.193 e. The topological polar surface area (TPSA) is 51.4 Å². The molecule has 0 aromatic heterocycles. The lowest BCUT2D eigenvalue weighted by molar-refractivity contribution is 0.454. The van der Waals surface area contributed by atoms with Crippen molar-refractivity contribution in [3.05, 3.63) is 47.8 Å². The van der Waals surface area contributed by atoms with Crippen LogP contribution < -0.4 is 5.32 Å². The number of nitrogens with one attached hydrogen (secondary N) is 1. The molecule has 0 saturated carbocycles. The highest BCUT2D eigenvalue weighted by Crippen LogP contribution is 2.10. The summed E-state index contributed by atoms with van der Waals surface area (Å²) < 4.78 is 13.8. The summed E-state index contributed by atoms with van der Waals surface area (Å²) in [6.45, 7) is 4.90. The number of unbranched alkanes of at least 4 members (excludes halogenated alkanes) is 3. The molecule has 24 heavy (non-hydrogen) atoms. The van der Waals surface area contributed by atoms with Gasteiger partial charge >= 0.3 is 0 Å². The van der Waals surface area contributed by atoms with Crippen molar-refractivity contribution >= 4 is 29.9 Å². The van der Waals surface area contributed by atoms with Gasteiger partial charge in [-0.1, -0.05) is 12.5 Å². The standard InChI is InChI=1S/C18H25FN4.HI/c1-4-5-6-7-8-11-23(3)18(21-2)22-14-16-12-15(13-20)9-10-17(16)19;/h4,9-10,12H,1,5-8,11,14H2,2-3H3,(H,21,22);1H. The van der Waals surface area contributed by atoms with Crippen LogP contribution in [0.1, 0.15) is 36.8 Å². The van der Waals surface area contributed by atoms with Gasteiger partial charge in [-0.3, -0.25) is 4.99 Å². The third-order valence-electron chi connectivity index (χ3n) is 3.59. The van der Waals surface area contributed by atoms with E-state index in [4.69, 9.17) is 5.26 Å². The Hall–Kier alpha value is -1.62. The van der Waals surface area contributed by atoms with Crippen molar-refractivity contribution in [2.75, 3.05) is 20.6 Å². The molecule has 0 aliphatic heterocycles. The molecule has 132 valence electrons. The molecule has 1 N–H and O–H groups in total. The molecule has 6 heteroatoms. The van der Waals surface area contributed by atoms with Crippen LogP contribution in [0, 0.1) is 17.1 Å². The number of hydrogen-bond donors (Lipinski definition) is 1. The quantitative estimate of drug-likeness (QED) is 0.216. The lowest BCUT2D eigenvalue weighted by Gasteiger charge is -2.22. The Kier molecular flexibility index (Phi) is 11.9. The van der Waals surface area contributed by atoms with Crippen molar-refractivity contribution in [3.63, 3.8) is 0 Å². The minimum Gasteiger partial charge on any atom is -0.352 e. The molecule has 0 unspecified atom stereocenters. The molecule has 0 bridgehead atoms. The third-order valence-corrected chi connectivity index (χ3v) is 3.59. The van der Waals surface area contributed by atoms with Gasteiger partial charge < -0.3 is 10.2 Å². The van der Waals surface area contributed by atoms with E-state index in [0.717, 1.165) is 38.2 Å². The second-order valence-electron chi connectivity index (χ2n) is 5.38. The highest BCUT2D eigenvalue weighted by atomic mass is 127. The highest BCUT2D eigenvalue weighted by Gasteiger charge is 2.08. The number of guanidine groups is 1. The summed E-state index contributed by atoms with van der Waals surface area (Å²) in [7, 11) is 3.67. The fourth-order valence-corrected chi connectivity index (χ4v) is 2.26. The van der Waals surface area contributed by atoms with Gasteiger partial charge in [0.15, 0.2) is 5.96 Å². The number of rotatable bonds is 8. The predicted molar refractivity (Wildman–Crippen MR) is 108 cm³/mol.